The van der Waals surface area contributed by atoms with Crippen molar-refractivity contribution in [1.82, 2.24) is 15.5 Å². The highest BCUT2D eigenvalue weighted by atomic mass is 16.5. The first-order valence-corrected chi connectivity index (χ1v) is 8.52. The van der Waals surface area contributed by atoms with Crippen LogP contribution in [0.25, 0.3) is 10.8 Å². The van der Waals surface area contributed by atoms with Crippen molar-refractivity contribution in [3.8, 4) is 0 Å². The summed E-state index contributed by atoms with van der Waals surface area (Å²) >= 11 is 0. The van der Waals surface area contributed by atoms with Crippen molar-refractivity contribution in [1.29, 1.82) is 0 Å². The van der Waals surface area contributed by atoms with Gasteiger partial charge in [-0.25, -0.2) is 9.89 Å². The summed E-state index contributed by atoms with van der Waals surface area (Å²) in [5.41, 5.74) is 1.89. The molecular formula is C20H19N3O4. The topological polar surface area (TPSA) is 101 Å². The molecule has 0 aliphatic carbocycles. The minimum Gasteiger partial charge on any atom is -0.451 e. The molecule has 0 bridgehead atoms. The molecule has 0 fully saturated rings. The van der Waals surface area contributed by atoms with Crippen LogP contribution in [0.5, 0.6) is 0 Å². The first-order chi connectivity index (χ1) is 13.1. The fraction of sp³-hybridized carbons (Fsp3) is 0.200. The molecule has 0 atom stereocenters. The number of nitrogens with one attached hydrogen (secondary N) is 2. The van der Waals surface area contributed by atoms with Gasteiger partial charge in [0, 0.05) is 11.9 Å². The third-order valence-electron chi connectivity index (χ3n) is 4.20. The maximum atomic E-state index is 12.2. The van der Waals surface area contributed by atoms with Gasteiger partial charge in [-0.1, -0.05) is 42.5 Å². The third kappa shape index (κ3) is 4.38. The highest BCUT2D eigenvalue weighted by Crippen LogP contribution is 2.13. The summed E-state index contributed by atoms with van der Waals surface area (Å²) in [4.78, 5) is 35.9. The molecule has 0 spiro atoms. The number of aromatic nitrogens is 2. The average Bonchev–Trinajstić information content (AvgIpc) is 2.68. The number of esters is 1. The minimum absolute atomic E-state index is 0.0297. The van der Waals surface area contributed by atoms with E-state index in [2.05, 4.69) is 15.5 Å². The minimum atomic E-state index is -0.767. The lowest BCUT2D eigenvalue weighted by molar-refractivity contribution is -0.124. The first-order valence-electron chi connectivity index (χ1n) is 8.52. The van der Waals surface area contributed by atoms with Crippen molar-refractivity contribution < 1.29 is 14.3 Å². The molecule has 0 aliphatic rings. The predicted molar refractivity (Wildman–Crippen MR) is 101 cm³/mol. The summed E-state index contributed by atoms with van der Waals surface area (Å²) in [7, 11) is 0. The normalized spacial score (nSPS) is 10.6. The summed E-state index contributed by atoms with van der Waals surface area (Å²) in [5, 5.41) is 9.45. The summed E-state index contributed by atoms with van der Waals surface area (Å²) in [5.74, 6) is -1.16. The van der Waals surface area contributed by atoms with Crippen LogP contribution in [-0.4, -0.2) is 35.2 Å². The monoisotopic (exact) mass is 365 g/mol. The predicted octanol–water partition coefficient (Wildman–Crippen LogP) is 1.75. The Morgan fingerprint density at radius 2 is 1.78 bits per heavy atom. The lowest BCUT2D eigenvalue weighted by Gasteiger charge is -2.08. The molecule has 1 aromatic heterocycles. The van der Waals surface area contributed by atoms with Gasteiger partial charge in [0.1, 0.15) is 0 Å². The van der Waals surface area contributed by atoms with Crippen LogP contribution < -0.4 is 10.9 Å². The molecule has 1 amide bonds. The van der Waals surface area contributed by atoms with E-state index in [4.69, 9.17) is 4.74 Å². The number of carbonyl (C=O) groups excluding carboxylic acids is 2. The number of fused-ring (bicyclic) bond motifs is 1. The van der Waals surface area contributed by atoms with Crippen LogP contribution in [0, 0.1) is 6.92 Å². The molecule has 2 N–H and O–H groups in total. The third-order valence-corrected chi connectivity index (χ3v) is 4.20. The molecule has 138 valence electrons. The van der Waals surface area contributed by atoms with Crippen molar-refractivity contribution in [2.24, 2.45) is 0 Å². The van der Waals surface area contributed by atoms with Crippen molar-refractivity contribution in [2.45, 2.75) is 13.3 Å². The molecule has 1 heterocycles. The van der Waals surface area contributed by atoms with Crippen molar-refractivity contribution in [3.05, 3.63) is 75.7 Å². The number of hydrogen-bond acceptors (Lipinski definition) is 5. The molecule has 0 aliphatic heterocycles. The Kier molecular flexibility index (Phi) is 5.61. The van der Waals surface area contributed by atoms with Crippen LogP contribution in [0.4, 0.5) is 0 Å². The number of ether oxygens (including phenoxy) is 1. The Morgan fingerprint density at radius 3 is 2.56 bits per heavy atom. The Bertz CT molecular complexity index is 1040. The van der Waals surface area contributed by atoms with Crippen molar-refractivity contribution >= 4 is 22.6 Å². The standard InChI is InChI=1S/C20H19N3O4/c1-13-6-2-3-7-14(13)10-11-21-17(24)12-27-20(26)18-15-8-4-5-9-16(15)19(25)23-22-18/h2-9H,10-12H2,1H3,(H,21,24)(H,23,25). The van der Waals surface area contributed by atoms with Crippen LogP contribution in [0.15, 0.2) is 53.3 Å². The summed E-state index contributed by atoms with van der Waals surface area (Å²) in [6, 6.07) is 14.5. The zero-order chi connectivity index (χ0) is 19.2. The second kappa shape index (κ2) is 8.27. The quantitative estimate of drug-likeness (QED) is 0.648. The molecule has 3 rings (SSSR count). The lowest BCUT2D eigenvalue weighted by Crippen LogP contribution is -2.31. The van der Waals surface area contributed by atoms with Gasteiger partial charge in [-0.05, 0) is 30.5 Å². The Labute approximate surface area is 155 Å². The number of amides is 1. The molecule has 3 aromatic rings. The number of H-pyrrole nitrogens is 1. The number of nitrogens with zero attached hydrogens (tertiary/aromatic N) is 1. The summed E-state index contributed by atoms with van der Waals surface area (Å²) in [6.07, 6.45) is 0.693. The van der Waals surface area contributed by atoms with Gasteiger partial charge in [-0.3, -0.25) is 9.59 Å². The number of hydrogen-bond donors (Lipinski definition) is 2. The molecule has 27 heavy (non-hydrogen) atoms. The van der Waals surface area contributed by atoms with Crippen molar-refractivity contribution in [3.63, 3.8) is 0 Å². The van der Waals surface area contributed by atoms with E-state index in [9.17, 15) is 14.4 Å². The van der Waals surface area contributed by atoms with E-state index in [0.29, 0.717) is 23.7 Å². The smallest absolute Gasteiger partial charge is 0.359 e. The molecule has 0 saturated heterocycles. The molecule has 0 unspecified atom stereocenters. The fourth-order valence-electron chi connectivity index (χ4n) is 2.75. The fourth-order valence-corrected chi connectivity index (χ4v) is 2.75. The molecule has 2 aromatic carbocycles. The van der Waals surface area contributed by atoms with E-state index in [1.165, 1.54) is 0 Å². The molecule has 0 saturated carbocycles. The van der Waals surface area contributed by atoms with Gasteiger partial charge in [0.25, 0.3) is 11.5 Å². The number of benzene rings is 2. The molecule has 7 nitrogen and oxygen atoms in total. The Hall–Kier alpha value is -3.48. The zero-order valence-corrected chi connectivity index (χ0v) is 14.8. The van der Waals surface area contributed by atoms with Crippen molar-refractivity contribution in [2.75, 3.05) is 13.2 Å². The first kappa shape index (κ1) is 18.3. The molecule has 7 heteroatoms. The van der Waals surface area contributed by atoms with Gasteiger partial charge in [0.2, 0.25) is 0 Å². The van der Waals surface area contributed by atoms with Crippen LogP contribution in [0.1, 0.15) is 21.6 Å². The van der Waals surface area contributed by atoms with E-state index in [0.717, 1.165) is 11.1 Å². The summed E-state index contributed by atoms with van der Waals surface area (Å²) in [6.45, 7) is 2.04. The highest BCUT2D eigenvalue weighted by molar-refractivity contribution is 6.02. The van der Waals surface area contributed by atoms with Gasteiger partial charge < -0.3 is 10.1 Å². The van der Waals surface area contributed by atoms with Gasteiger partial charge in [-0.2, -0.15) is 5.10 Å². The SMILES string of the molecule is Cc1ccccc1CCNC(=O)COC(=O)c1n[nH]c(=O)c2ccccc12. The van der Waals surface area contributed by atoms with E-state index in [-0.39, 0.29) is 5.69 Å². The second-order valence-corrected chi connectivity index (χ2v) is 6.05. The lowest BCUT2D eigenvalue weighted by atomic mass is 10.1. The number of carbonyl (C=O) groups is 2. The van der Waals surface area contributed by atoms with E-state index in [1.807, 2.05) is 31.2 Å². The van der Waals surface area contributed by atoms with Gasteiger partial charge in [0.15, 0.2) is 12.3 Å². The largest absolute Gasteiger partial charge is 0.451 e. The highest BCUT2D eigenvalue weighted by Gasteiger charge is 2.16. The van der Waals surface area contributed by atoms with Crippen LogP contribution in [-0.2, 0) is 16.0 Å². The van der Waals surface area contributed by atoms with Crippen LogP contribution >= 0.6 is 0 Å². The van der Waals surface area contributed by atoms with Gasteiger partial charge >= 0.3 is 5.97 Å². The van der Waals surface area contributed by atoms with E-state index in [1.54, 1.807) is 24.3 Å². The molecular weight excluding hydrogens is 346 g/mol. The number of aromatic amines is 1. The average molecular weight is 365 g/mol. The zero-order valence-electron chi connectivity index (χ0n) is 14.8. The van der Waals surface area contributed by atoms with E-state index >= 15 is 0 Å². The molecule has 0 radical (unpaired) electrons. The maximum Gasteiger partial charge on any atom is 0.359 e. The van der Waals surface area contributed by atoms with E-state index < -0.39 is 24.0 Å². The summed E-state index contributed by atoms with van der Waals surface area (Å²) < 4.78 is 5.03. The van der Waals surface area contributed by atoms with Crippen LogP contribution in [0.3, 0.4) is 0 Å². The number of rotatable bonds is 6. The number of aryl methyl sites for hydroxylation is 1. The van der Waals surface area contributed by atoms with Gasteiger partial charge in [0.05, 0.1) is 5.39 Å². The maximum absolute atomic E-state index is 12.2. The van der Waals surface area contributed by atoms with Crippen LogP contribution in [0.2, 0.25) is 0 Å². The second-order valence-electron chi connectivity index (χ2n) is 6.05. The Morgan fingerprint density at radius 1 is 1.07 bits per heavy atom. The Balaban J connectivity index is 1.55. The van der Waals surface area contributed by atoms with Gasteiger partial charge in [-0.15, -0.1) is 0 Å².